The summed E-state index contributed by atoms with van der Waals surface area (Å²) in [5, 5.41) is 7.19. The van der Waals surface area contributed by atoms with Crippen LogP contribution < -0.4 is 10.6 Å². The molecule has 38 heavy (non-hydrogen) atoms. The number of carbonyl (C=O) groups is 1. The van der Waals surface area contributed by atoms with E-state index in [1.807, 2.05) is 17.9 Å². The number of methoxy groups -OCH3 is 1. The molecule has 206 valence electrons. The number of benzene rings is 1. The van der Waals surface area contributed by atoms with Crippen molar-refractivity contribution in [2.24, 2.45) is 0 Å². The lowest BCUT2D eigenvalue weighted by atomic mass is 9.98. The number of rotatable bonds is 8. The van der Waals surface area contributed by atoms with Crippen LogP contribution in [0.5, 0.6) is 0 Å². The van der Waals surface area contributed by atoms with Crippen LogP contribution in [-0.4, -0.2) is 85.0 Å². The molecule has 0 spiro atoms. The van der Waals surface area contributed by atoms with Crippen molar-refractivity contribution < 1.29 is 19.0 Å². The molecule has 4 heterocycles. The lowest BCUT2D eigenvalue weighted by Crippen LogP contribution is -2.54. The van der Waals surface area contributed by atoms with Gasteiger partial charge in [0.05, 0.1) is 24.9 Å². The van der Waals surface area contributed by atoms with Gasteiger partial charge < -0.3 is 29.7 Å². The number of amides is 1. The van der Waals surface area contributed by atoms with Gasteiger partial charge in [-0.2, -0.15) is 0 Å². The van der Waals surface area contributed by atoms with E-state index < -0.39 is 0 Å². The number of likely N-dealkylation sites (tertiary alicyclic amines) is 1. The van der Waals surface area contributed by atoms with Gasteiger partial charge in [-0.1, -0.05) is 30.3 Å². The van der Waals surface area contributed by atoms with Crippen LogP contribution in [0.4, 0.5) is 5.82 Å². The Balaban J connectivity index is 1.13. The maximum Gasteiger partial charge on any atom is 0.272 e. The number of nitrogens with zero attached hydrogens (tertiary/aromatic N) is 3. The zero-order valence-corrected chi connectivity index (χ0v) is 22.6. The maximum absolute atomic E-state index is 13.4. The molecule has 1 aromatic heterocycles. The minimum atomic E-state index is -0.0229. The highest BCUT2D eigenvalue weighted by Gasteiger charge is 2.31. The fraction of sp³-hybridized carbons (Fsp3) is 0.621. The first-order valence-corrected chi connectivity index (χ1v) is 14.0. The van der Waals surface area contributed by atoms with E-state index in [-0.39, 0.29) is 24.2 Å². The van der Waals surface area contributed by atoms with Crippen molar-refractivity contribution in [1.29, 1.82) is 0 Å². The molecule has 3 aliphatic heterocycles. The average Bonchev–Trinajstić information content (AvgIpc) is 2.97. The number of anilines is 1. The van der Waals surface area contributed by atoms with Crippen LogP contribution in [0.2, 0.25) is 0 Å². The summed E-state index contributed by atoms with van der Waals surface area (Å²) in [5.74, 6) is 0.681. The van der Waals surface area contributed by atoms with Crippen molar-refractivity contribution in [1.82, 2.24) is 20.2 Å². The zero-order valence-electron chi connectivity index (χ0n) is 22.6. The van der Waals surface area contributed by atoms with E-state index in [0.717, 1.165) is 50.7 Å². The first-order chi connectivity index (χ1) is 18.6. The Hall–Kier alpha value is -2.59. The summed E-state index contributed by atoms with van der Waals surface area (Å²) in [4.78, 5) is 24.1. The molecule has 0 radical (unpaired) electrons. The van der Waals surface area contributed by atoms with Crippen LogP contribution >= 0.6 is 0 Å². The molecule has 3 saturated heterocycles. The summed E-state index contributed by atoms with van der Waals surface area (Å²) in [7, 11) is 1.74. The Morgan fingerprint density at radius 1 is 1.11 bits per heavy atom. The predicted molar refractivity (Wildman–Crippen MR) is 145 cm³/mol. The first kappa shape index (κ1) is 27.0. The molecule has 3 fully saturated rings. The van der Waals surface area contributed by atoms with Gasteiger partial charge in [-0.25, -0.2) is 9.97 Å². The SMILES string of the molecule is CO[C@@H]1COCCC1NC1CCN(C(=O)c2ncnc(NC[C@@H]3CCC[C@H](c4ccccc4)O3)c2C)CC1. The van der Waals surface area contributed by atoms with Gasteiger partial charge in [0.15, 0.2) is 0 Å². The Labute approximate surface area is 225 Å². The number of hydrogen-bond acceptors (Lipinski definition) is 8. The number of carbonyl (C=O) groups excluding carboxylic acids is 1. The van der Waals surface area contributed by atoms with Crippen LogP contribution in [0, 0.1) is 6.92 Å². The van der Waals surface area contributed by atoms with Crippen molar-refractivity contribution in [3.8, 4) is 0 Å². The molecule has 9 heteroatoms. The smallest absolute Gasteiger partial charge is 0.272 e. The van der Waals surface area contributed by atoms with Gasteiger partial charge in [-0.15, -0.1) is 0 Å². The van der Waals surface area contributed by atoms with Crippen molar-refractivity contribution in [3.05, 3.63) is 53.5 Å². The number of piperidine rings is 1. The number of nitrogens with one attached hydrogen (secondary N) is 2. The van der Waals surface area contributed by atoms with E-state index in [0.29, 0.717) is 49.8 Å². The van der Waals surface area contributed by atoms with Gasteiger partial charge in [0, 0.05) is 51.0 Å². The maximum atomic E-state index is 13.4. The highest BCUT2D eigenvalue weighted by Crippen LogP contribution is 2.31. The van der Waals surface area contributed by atoms with E-state index in [2.05, 4.69) is 44.9 Å². The number of aromatic nitrogens is 2. The second kappa shape index (κ2) is 13.0. The fourth-order valence-electron chi connectivity index (χ4n) is 5.85. The van der Waals surface area contributed by atoms with Crippen LogP contribution in [0.3, 0.4) is 0 Å². The molecular weight excluding hydrogens is 482 g/mol. The Morgan fingerprint density at radius 3 is 2.71 bits per heavy atom. The molecule has 0 bridgehead atoms. The van der Waals surface area contributed by atoms with Gasteiger partial charge in [0.25, 0.3) is 5.91 Å². The van der Waals surface area contributed by atoms with Crippen LogP contribution in [0.15, 0.2) is 36.7 Å². The average molecular weight is 524 g/mol. The fourth-order valence-corrected chi connectivity index (χ4v) is 5.85. The van der Waals surface area contributed by atoms with Crippen molar-refractivity contribution >= 4 is 11.7 Å². The third-order valence-electron chi connectivity index (χ3n) is 8.14. The van der Waals surface area contributed by atoms with Crippen LogP contribution in [-0.2, 0) is 14.2 Å². The quantitative estimate of drug-likeness (QED) is 0.543. The number of hydrogen-bond donors (Lipinski definition) is 2. The molecular formula is C29H41N5O4. The molecule has 1 unspecified atom stereocenters. The molecule has 3 aliphatic rings. The summed E-state index contributed by atoms with van der Waals surface area (Å²) in [5.41, 5.74) is 2.50. The summed E-state index contributed by atoms with van der Waals surface area (Å²) >= 11 is 0. The monoisotopic (exact) mass is 523 g/mol. The van der Waals surface area contributed by atoms with E-state index in [9.17, 15) is 4.79 Å². The standard InChI is InChI=1S/C29H41N5O4/c1-20-27(29(35)34-14-11-22(12-15-34)33-24-13-16-37-18-26(24)36-2)31-19-32-28(20)30-17-23-9-6-10-25(38-23)21-7-4-3-5-8-21/h3-5,7-8,19,22-26,33H,6,9-18H2,1-2H3,(H,30,31,32)/t23-,24?,25+,26+/m0/s1. The lowest BCUT2D eigenvalue weighted by molar-refractivity contribution is -0.0533. The molecule has 0 aliphatic carbocycles. The molecule has 2 aromatic rings. The first-order valence-electron chi connectivity index (χ1n) is 14.0. The Kier molecular flexibility index (Phi) is 9.22. The summed E-state index contributed by atoms with van der Waals surface area (Å²) in [6.07, 6.45) is 7.76. The number of ether oxygens (including phenoxy) is 3. The highest BCUT2D eigenvalue weighted by molar-refractivity contribution is 5.94. The Morgan fingerprint density at radius 2 is 1.92 bits per heavy atom. The van der Waals surface area contributed by atoms with Crippen molar-refractivity contribution in [2.45, 2.75) is 75.8 Å². The van der Waals surface area contributed by atoms with E-state index in [1.54, 1.807) is 7.11 Å². The third-order valence-corrected chi connectivity index (χ3v) is 8.14. The summed E-state index contributed by atoms with van der Waals surface area (Å²) < 4.78 is 17.5. The van der Waals surface area contributed by atoms with Gasteiger partial charge in [-0.3, -0.25) is 4.79 Å². The molecule has 4 atom stereocenters. The summed E-state index contributed by atoms with van der Waals surface area (Å²) in [6, 6.07) is 11.1. The van der Waals surface area contributed by atoms with Gasteiger partial charge >= 0.3 is 0 Å². The third kappa shape index (κ3) is 6.51. The van der Waals surface area contributed by atoms with Crippen LogP contribution in [0.25, 0.3) is 0 Å². The topological polar surface area (TPSA) is 97.8 Å². The van der Waals surface area contributed by atoms with Gasteiger partial charge in [0.2, 0.25) is 0 Å². The molecule has 0 saturated carbocycles. The second-order valence-corrected chi connectivity index (χ2v) is 10.6. The molecule has 5 rings (SSSR count). The normalized spacial score (nSPS) is 26.7. The van der Waals surface area contributed by atoms with E-state index in [1.165, 1.54) is 11.9 Å². The van der Waals surface area contributed by atoms with E-state index in [4.69, 9.17) is 14.2 Å². The Bertz CT molecular complexity index is 1050. The van der Waals surface area contributed by atoms with Gasteiger partial charge in [0.1, 0.15) is 17.8 Å². The summed E-state index contributed by atoms with van der Waals surface area (Å²) in [6.45, 7) is 5.39. The van der Waals surface area contributed by atoms with Crippen molar-refractivity contribution in [3.63, 3.8) is 0 Å². The molecule has 1 aromatic carbocycles. The predicted octanol–water partition coefficient (Wildman–Crippen LogP) is 3.51. The second-order valence-electron chi connectivity index (χ2n) is 10.6. The van der Waals surface area contributed by atoms with Crippen molar-refractivity contribution in [2.75, 3.05) is 45.3 Å². The largest absolute Gasteiger partial charge is 0.379 e. The molecule has 9 nitrogen and oxygen atoms in total. The molecule has 2 N–H and O–H groups in total. The minimum absolute atomic E-state index is 0.0229. The van der Waals surface area contributed by atoms with Gasteiger partial charge in [-0.05, 0) is 51.0 Å². The van der Waals surface area contributed by atoms with Crippen LogP contribution in [0.1, 0.15) is 66.2 Å². The van der Waals surface area contributed by atoms with E-state index >= 15 is 0 Å². The lowest BCUT2D eigenvalue weighted by Gasteiger charge is -2.38. The zero-order chi connectivity index (χ0) is 26.3. The minimum Gasteiger partial charge on any atom is -0.379 e. The molecule has 1 amide bonds. The highest BCUT2D eigenvalue weighted by atomic mass is 16.5.